The van der Waals surface area contributed by atoms with E-state index in [1.54, 1.807) is 19.1 Å². The van der Waals surface area contributed by atoms with Gasteiger partial charge in [-0.1, -0.05) is 32.4 Å². The number of aliphatic hydroxyl groups is 1. The molecule has 0 spiro atoms. The highest BCUT2D eigenvalue weighted by atomic mass is 16.6. The molecule has 1 N–H and O–H groups in total. The number of hydrogen-bond donors (Lipinski definition) is 1. The van der Waals surface area contributed by atoms with Crippen molar-refractivity contribution in [1.29, 1.82) is 0 Å². The lowest BCUT2D eigenvalue weighted by atomic mass is 9.71. The summed E-state index contributed by atoms with van der Waals surface area (Å²) in [5, 5.41) is 10.9. The smallest absolute Gasteiger partial charge is 0.331 e. The number of esters is 1. The quantitative estimate of drug-likeness (QED) is 0.586. The van der Waals surface area contributed by atoms with Crippen molar-refractivity contribution in [2.75, 3.05) is 0 Å². The van der Waals surface area contributed by atoms with Crippen LogP contribution in [-0.2, 0) is 19.1 Å². The molecule has 156 valence electrons. The molecule has 0 saturated heterocycles. The van der Waals surface area contributed by atoms with Gasteiger partial charge in [0, 0.05) is 30.3 Å². The van der Waals surface area contributed by atoms with Gasteiger partial charge in [0.25, 0.3) is 0 Å². The van der Waals surface area contributed by atoms with Crippen molar-refractivity contribution in [3.63, 3.8) is 0 Å². The van der Waals surface area contributed by atoms with E-state index >= 15 is 0 Å². The number of carbonyl (C=O) groups is 3. The molecule has 2 rings (SSSR count). The number of fused-ring (bicyclic) bond motifs is 1. The predicted molar refractivity (Wildman–Crippen MR) is 107 cm³/mol. The maximum Gasteiger partial charge on any atom is 0.331 e. The Hall–Kier alpha value is -1.75. The molecule has 1 aliphatic heterocycles. The maximum absolute atomic E-state index is 13.0. The van der Waals surface area contributed by atoms with Gasteiger partial charge in [-0.2, -0.15) is 0 Å². The number of aliphatic hydroxyl groups excluding tert-OH is 1. The van der Waals surface area contributed by atoms with Crippen molar-refractivity contribution in [3.8, 4) is 0 Å². The first-order valence-corrected chi connectivity index (χ1v) is 10.3. The van der Waals surface area contributed by atoms with Gasteiger partial charge in [-0.05, 0) is 51.5 Å². The summed E-state index contributed by atoms with van der Waals surface area (Å²) in [5.74, 6) is -1.12. The van der Waals surface area contributed by atoms with E-state index in [9.17, 15) is 19.5 Å². The molecule has 0 aromatic rings. The van der Waals surface area contributed by atoms with Crippen LogP contribution in [0.3, 0.4) is 0 Å². The third kappa shape index (κ3) is 4.99. The monoisotopic (exact) mass is 390 g/mol. The first-order valence-electron chi connectivity index (χ1n) is 10.3. The highest BCUT2D eigenvalue weighted by Crippen LogP contribution is 2.43. The highest BCUT2D eigenvalue weighted by molar-refractivity contribution is 5.90. The fourth-order valence-electron chi connectivity index (χ4n) is 4.50. The van der Waals surface area contributed by atoms with Crippen LogP contribution < -0.4 is 0 Å². The zero-order valence-corrected chi connectivity index (χ0v) is 18.0. The van der Waals surface area contributed by atoms with Gasteiger partial charge < -0.3 is 9.84 Å². The molecule has 0 aromatic heterocycles. The summed E-state index contributed by atoms with van der Waals surface area (Å²) in [6, 6.07) is 0. The summed E-state index contributed by atoms with van der Waals surface area (Å²) in [6.07, 6.45) is 4.25. The van der Waals surface area contributed by atoms with E-state index in [2.05, 4.69) is 0 Å². The van der Waals surface area contributed by atoms with Crippen molar-refractivity contribution in [2.45, 2.75) is 78.9 Å². The minimum atomic E-state index is -0.765. The highest BCUT2D eigenvalue weighted by Gasteiger charge is 2.45. The van der Waals surface area contributed by atoms with E-state index < -0.39 is 17.6 Å². The maximum atomic E-state index is 13.0. The molecule has 1 heterocycles. The van der Waals surface area contributed by atoms with Crippen molar-refractivity contribution in [3.05, 3.63) is 23.3 Å². The van der Waals surface area contributed by atoms with Gasteiger partial charge in [0.2, 0.25) is 0 Å². The van der Waals surface area contributed by atoms with Crippen LogP contribution in [-0.4, -0.2) is 34.3 Å². The number of allylic oxidation sites excluding steroid dienone is 1. The van der Waals surface area contributed by atoms with Gasteiger partial charge in [-0.15, -0.1) is 0 Å². The molecule has 2 aliphatic rings. The van der Waals surface area contributed by atoms with Crippen LogP contribution in [0.25, 0.3) is 0 Å². The van der Waals surface area contributed by atoms with Crippen LogP contribution in [0.5, 0.6) is 0 Å². The molecule has 0 unspecified atom stereocenters. The van der Waals surface area contributed by atoms with E-state index in [0.717, 1.165) is 5.57 Å². The predicted octanol–water partition coefficient (Wildman–Crippen LogP) is 3.79. The zero-order chi connectivity index (χ0) is 21.2. The number of ether oxygens (including phenoxy) is 1. The second-order valence-corrected chi connectivity index (χ2v) is 9.10. The lowest BCUT2D eigenvalue weighted by molar-refractivity contribution is -0.162. The minimum Gasteiger partial charge on any atom is -0.456 e. The summed E-state index contributed by atoms with van der Waals surface area (Å²) in [6.45, 7) is 11.2. The summed E-state index contributed by atoms with van der Waals surface area (Å²) in [5.41, 5.74) is 0.918. The molecule has 0 fully saturated rings. The van der Waals surface area contributed by atoms with Gasteiger partial charge >= 0.3 is 5.97 Å². The van der Waals surface area contributed by atoms with Gasteiger partial charge in [0.15, 0.2) is 0 Å². The average Bonchev–Trinajstić information content (AvgIpc) is 2.59. The Morgan fingerprint density at radius 2 is 2.00 bits per heavy atom. The molecule has 5 heteroatoms. The van der Waals surface area contributed by atoms with Gasteiger partial charge in [0.1, 0.15) is 17.2 Å². The second kappa shape index (κ2) is 8.73. The third-order valence-corrected chi connectivity index (χ3v) is 6.31. The molecule has 5 atom stereocenters. The summed E-state index contributed by atoms with van der Waals surface area (Å²) >= 11 is 0. The number of ketones is 2. The number of carbonyl (C=O) groups excluding carboxylic acids is 3. The van der Waals surface area contributed by atoms with Crippen LogP contribution >= 0.6 is 0 Å². The van der Waals surface area contributed by atoms with Crippen molar-refractivity contribution in [1.82, 2.24) is 0 Å². The van der Waals surface area contributed by atoms with Crippen LogP contribution in [0, 0.1) is 23.7 Å². The molecular formula is C23H34O5. The summed E-state index contributed by atoms with van der Waals surface area (Å²) < 4.78 is 5.78. The molecule has 28 heavy (non-hydrogen) atoms. The van der Waals surface area contributed by atoms with Crippen LogP contribution in [0.4, 0.5) is 0 Å². The Labute approximate surface area is 168 Å². The van der Waals surface area contributed by atoms with E-state index in [1.165, 1.54) is 6.92 Å². The Balaban J connectivity index is 2.48. The Kier molecular flexibility index (Phi) is 7.02. The van der Waals surface area contributed by atoms with E-state index in [1.807, 2.05) is 27.7 Å². The molecule has 0 amide bonds. The average molecular weight is 391 g/mol. The Bertz CT molecular complexity index is 702. The molecule has 0 saturated carbocycles. The van der Waals surface area contributed by atoms with E-state index in [4.69, 9.17) is 4.74 Å². The summed E-state index contributed by atoms with van der Waals surface area (Å²) in [7, 11) is 0. The third-order valence-electron chi connectivity index (χ3n) is 6.31. The van der Waals surface area contributed by atoms with Gasteiger partial charge in [-0.25, -0.2) is 4.79 Å². The summed E-state index contributed by atoms with van der Waals surface area (Å²) in [4.78, 5) is 36.9. The number of Topliss-reactive ketones (excluding diaryl/α,β-unsaturated/α-hetero) is 2. The first kappa shape index (κ1) is 22.5. The normalized spacial score (nSPS) is 36.6. The minimum absolute atomic E-state index is 0.00515. The Morgan fingerprint density at radius 3 is 2.57 bits per heavy atom. The van der Waals surface area contributed by atoms with Crippen molar-refractivity contribution >= 4 is 17.5 Å². The van der Waals surface area contributed by atoms with Crippen molar-refractivity contribution in [2.24, 2.45) is 23.7 Å². The fourth-order valence-corrected chi connectivity index (χ4v) is 4.50. The lowest BCUT2D eigenvalue weighted by Crippen LogP contribution is -2.46. The SMILES string of the molecule is CC(=O)C[C@H]1/C=C(/C)[C@@H](O)C[C@H]2C(C(C)C)=CC(=O)O[C@]2(C)CC[C@@H](C)C1=O. The zero-order valence-electron chi connectivity index (χ0n) is 18.0. The number of rotatable bonds is 3. The van der Waals surface area contributed by atoms with Gasteiger partial charge in [-0.3, -0.25) is 9.59 Å². The first-order chi connectivity index (χ1) is 12.9. The molecule has 1 aliphatic carbocycles. The van der Waals surface area contributed by atoms with E-state index in [-0.39, 0.29) is 41.7 Å². The fraction of sp³-hybridized carbons (Fsp3) is 0.696. The number of hydrogen-bond acceptors (Lipinski definition) is 5. The molecule has 0 aromatic carbocycles. The second-order valence-electron chi connectivity index (χ2n) is 9.10. The molecular weight excluding hydrogens is 356 g/mol. The lowest BCUT2D eigenvalue weighted by Gasteiger charge is -2.43. The molecule has 0 radical (unpaired) electrons. The van der Waals surface area contributed by atoms with Crippen LogP contribution in [0.1, 0.15) is 67.2 Å². The van der Waals surface area contributed by atoms with Gasteiger partial charge in [0.05, 0.1) is 6.10 Å². The molecule has 0 bridgehead atoms. The standard InChI is InChI=1S/C23H34O5/c1-13(2)18-11-21(26)28-23(6)8-7-14(3)22(27)17(10-16(5)24)9-15(4)20(25)12-19(18)23/h9,11,13-14,17,19-20,25H,7-8,10,12H2,1-6H3/b15-9-/t14-,17-,19+,20+,23-/m1/s1. The molecule has 5 nitrogen and oxygen atoms in total. The largest absolute Gasteiger partial charge is 0.456 e. The van der Waals surface area contributed by atoms with Crippen LogP contribution in [0.2, 0.25) is 0 Å². The topological polar surface area (TPSA) is 80.7 Å². The van der Waals surface area contributed by atoms with E-state index in [0.29, 0.717) is 24.8 Å². The van der Waals surface area contributed by atoms with Crippen molar-refractivity contribution < 1.29 is 24.2 Å². The Morgan fingerprint density at radius 1 is 1.36 bits per heavy atom. The van der Waals surface area contributed by atoms with Crippen LogP contribution in [0.15, 0.2) is 23.3 Å².